The molecule has 1 aliphatic heterocycles. The van der Waals surface area contributed by atoms with Crippen LogP contribution in [0.5, 0.6) is 0 Å². The number of piperidine rings is 1. The van der Waals surface area contributed by atoms with Gasteiger partial charge in [-0.1, -0.05) is 60.7 Å². The molecule has 2 heterocycles. The van der Waals surface area contributed by atoms with Crippen LogP contribution < -0.4 is 5.32 Å². The minimum atomic E-state index is -0.509. The molecule has 1 N–H and O–H groups in total. The first-order chi connectivity index (χ1) is 18.7. The molecule has 0 spiro atoms. The fourth-order valence-electron chi connectivity index (χ4n) is 4.19. The second kappa shape index (κ2) is 13.7. The zero-order valence-electron chi connectivity index (χ0n) is 22.9. The van der Waals surface area contributed by atoms with Gasteiger partial charge in [0.2, 0.25) is 0 Å². The van der Waals surface area contributed by atoms with Gasteiger partial charge in [0.05, 0.1) is 25.0 Å². The zero-order chi connectivity index (χ0) is 27.7. The number of carbonyl (C=O) groups excluding carboxylic acids is 2. The maximum absolute atomic E-state index is 12.5. The molecule has 4 rings (SSSR count). The summed E-state index contributed by atoms with van der Waals surface area (Å²) in [5, 5.41) is 3.41. The van der Waals surface area contributed by atoms with Crippen LogP contribution in [0.3, 0.4) is 0 Å². The van der Waals surface area contributed by atoms with Crippen molar-refractivity contribution in [1.82, 2.24) is 9.88 Å². The van der Waals surface area contributed by atoms with E-state index in [0.29, 0.717) is 37.9 Å². The van der Waals surface area contributed by atoms with Crippen molar-refractivity contribution < 1.29 is 23.8 Å². The zero-order valence-corrected chi connectivity index (χ0v) is 23.7. The summed E-state index contributed by atoms with van der Waals surface area (Å²) in [6.45, 7) is 7.47. The van der Waals surface area contributed by atoms with Gasteiger partial charge in [-0.2, -0.15) is 0 Å². The highest BCUT2D eigenvalue weighted by Crippen LogP contribution is 2.28. The lowest BCUT2D eigenvalue weighted by Gasteiger charge is -2.33. The van der Waals surface area contributed by atoms with E-state index in [2.05, 4.69) is 17.4 Å². The van der Waals surface area contributed by atoms with Gasteiger partial charge in [0.15, 0.2) is 5.13 Å². The predicted molar refractivity (Wildman–Crippen MR) is 152 cm³/mol. The van der Waals surface area contributed by atoms with Gasteiger partial charge in [0.25, 0.3) is 5.91 Å². The maximum atomic E-state index is 12.5. The van der Waals surface area contributed by atoms with Crippen LogP contribution in [0.4, 0.5) is 9.93 Å². The standard InChI is InChI=1S/C30H37N3O5S/c1-30(2,3)38-29(35)33-16-14-24(15-17-33)37-20-25-26(18-22-10-6-4-7-11-22)39-28(31-25)32-27(34)21-36-19-23-12-8-5-9-13-23/h4-13,24H,14-21H2,1-3H3,(H,31,32,34). The third-order valence-corrected chi connectivity index (χ3v) is 7.14. The van der Waals surface area contributed by atoms with E-state index in [1.807, 2.05) is 69.3 Å². The van der Waals surface area contributed by atoms with Gasteiger partial charge in [0.1, 0.15) is 12.2 Å². The normalized spacial score (nSPS) is 14.3. The minimum absolute atomic E-state index is 0.0272. The highest BCUT2D eigenvalue weighted by Gasteiger charge is 2.27. The fraction of sp³-hybridized carbons (Fsp3) is 0.433. The number of likely N-dealkylation sites (tertiary alicyclic amines) is 1. The van der Waals surface area contributed by atoms with Crippen LogP contribution in [0.1, 0.15) is 55.3 Å². The first-order valence-corrected chi connectivity index (χ1v) is 14.1. The molecule has 1 saturated heterocycles. The Bertz CT molecular complexity index is 1200. The number of aromatic nitrogens is 1. The Morgan fingerprint density at radius 1 is 0.974 bits per heavy atom. The van der Waals surface area contributed by atoms with Crippen molar-refractivity contribution in [3.05, 3.63) is 82.4 Å². The molecule has 2 aromatic carbocycles. The van der Waals surface area contributed by atoms with Crippen LogP contribution in [-0.2, 0) is 38.6 Å². The molecule has 3 aromatic rings. The summed E-state index contributed by atoms with van der Waals surface area (Å²) >= 11 is 1.46. The lowest BCUT2D eigenvalue weighted by Crippen LogP contribution is -2.43. The summed E-state index contributed by atoms with van der Waals surface area (Å²) in [5.74, 6) is -0.243. The third-order valence-electron chi connectivity index (χ3n) is 6.13. The molecule has 8 nitrogen and oxygen atoms in total. The number of ether oxygens (including phenoxy) is 3. The van der Waals surface area contributed by atoms with Gasteiger partial charge in [-0.25, -0.2) is 9.78 Å². The van der Waals surface area contributed by atoms with Crippen molar-refractivity contribution in [2.75, 3.05) is 25.0 Å². The summed E-state index contributed by atoms with van der Waals surface area (Å²) in [4.78, 5) is 32.4. The molecule has 0 aliphatic carbocycles. The number of carbonyl (C=O) groups is 2. The topological polar surface area (TPSA) is 90.0 Å². The van der Waals surface area contributed by atoms with Crippen LogP contribution in [0.2, 0.25) is 0 Å². The number of nitrogens with zero attached hydrogens (tertiary/aromatic N) is 2. The molecule has 0 saturated carbocycles. The number of rotatable bonds is 10. The van der Waals surface area contributed by atoms with Crippen molar-refractivity contribution >= 4 is 28.5 Å². The largest absolute Gasteiger partial charge is 0.444 e. The minimum Gasteiger partial charge on any atom is -0.444 e. The van der Waals surface area contributed by atoms with E-state index in [1.165, 1.54) is 11.3 Å². The molecule has 0 bridgehead atoms. The number of thiazole rings is 1. The highest BCUT2D eigenvalue weighted by atomic mass is 32.1. The van der Waals surface area contributed by atoms with Crippen molar-refractivity contribution in [3.63, 3.8) is 0 Å². The quantitative estimate of drug-likeness (QED) is 0.342. The molecule has 0 unspecified atom stereocenters. The lowest BCUT2D eigenvalue weighted by atomic mass is 10.1. The molecule has 1 aliphatic rings. The van der Waals surface area contributed by atoms with Gasteiger partial charge >= 0.3 is 6.09 Å². The average molecular weight is 552 g/mol. The van der Waals surface area contributed by atoms with E-state index >= 15 is 0 Å². The molecule has 39 heavy (non-hydrogen) atoms. The molecule has 208 valence electrons. The Morgan fingerprint density at radius 3 is 2.26 bits per heavy atom. The van der Waals surface area contributed by atoms with Gasteiger partial charge in [-0.05, 0) is 44.7 Å². The summed E-state index contributed by atoms with van der Waals surface area (Å²) in [6, 6.07) is 19.9. The Hall–Kier alpha value is -3.27. The molecular formula is C30H37N3O5S. The van der Waals surface area contributed by atoms with E-state index in [4.69, 9.17) is 19.2 Å². The predicted octanol–water partition coefficient (Wildman–Crippen LogP) is 5.81. The van der Waals surface area contributed by atoms with Crippen LogP contribution in [-0.4, -0.2) is 53.3 Å². The average Bonchev–Trinajstić information content (AvgIpc) is 3.28. The lowest BCUT2D eigenvalue weighted by molar-refractivity contribution is -0.121. The second-order valence-electron chi connectivity index (χ2n) is 10.6. The molecule has 1 aromatic heterocycles. The number of amides is 2. The molecule has 9 heteroatoms. The maximum Gasteiger partial charge on any atom is 0.410 e. The van der Waals surface area contributed by atoms with Gasteiger partial charge in [-0.15, -0.1) is 11.3 Å². The summed E-state index contributed by atoms with van der Waals surface area (Å²) < 4.78 is 17.3. The third kappa shape index (κ3) is 9.45. The number of hydrogen-bond donors (Lipinski definition) is 1. The van der Waals surface area contributed by atoms with E-state index in [0.717, 1.165) is 34.5 Å². The molecule has 2 amide bonds. The van der Waals surface area contributed by atoms with Crippen molar-refractivity contribution in [1.29, 1.82) is 0 Å². The Labute approximate surface area is 234 Å². The summed E-state index contributed by atoms with van der Waals surface area (Å²) in [7, 11) is 0. The van der Waals surface area contributed by atoms with E-state index < -0.39 is 5.60 Å². The second-order valence-corrected chi connectivity index (χ2v) is 11.6. The van der Waals surface area contributed by atoms with Crippen LogP contribution in [0.15, 0.2) is 60.7 Å². The number of nitrogens with one attached hydrogen (secondary N) is 1. The Kier molecular flexibility index (Phi) is 10.1. The highest BCUT2D eigenvalue weighted by molar-refractivity contribution is 7.15. The van der Waals surface area contributed by atoms with Crippen molar-refractivity contribution in [2.24, 2.45) is 0 Å². The van der Waals surface area contributed by atoms with Crippen molar-refractivity contribution in [3.8, 4) is 0 Å². The molecule has 0 radical (unpaired) electrons. The van der Waals surface area contributed by atoms with Crippen molar-refractivity contribution in [2.45, 2.75) is 65.0 Å². The van der Waals surface area contributed by atoms with Crippen LogP contribution in [0.25, 0.3) is 0 Å². The van der Waals surface area contributed by atoms with E-state index in [-0.39, 0.29) is 24.7 Å². The Morgan fingerprint density at radius 2 is 1.62 bits per heavy atom. The fourth-order valence-corrected chi connectivity index (χ4v) is 5.20. The molecular weight excluding hydrogens is 514 g/mol. The van der Waals surface area contributed by atoms with Gasteiger partial charge in [-0.3, -0.25) is 10.1 Å². The van der Waals surface area contributed by atoms with Gasteiger partial charge < -0.3 is 19.1 Å². The first-order valence-electron chi connectivity index (χ1n) is 13.3. The van der Waals surface area contributed by atoms with Crippen LogP contribution >= 0.6 is 11.3 Å². The van der Waals surface area contributed by atoms with Gasteiger partial charge in [0, 0.05) is 24.4 Å². The van der Waals surface area contributed by atoms with Crippen LogP contribution in [0, 0.1) is 0 Å². The first kappa shape index (κ1) is 28.7. The number of benzene rings is 2. The number of anilines is 1. The number of hydrogen-bond acceptors (Lipinski definition) is 7. The monoisotopic (exact) mass is 551 g/mol. The summed E-state index contributed by atoms with van der Waals surface area (Å²) in [5.41, 5.74) is 2.49. The SMILES string of the molecule is CC(C)(C)OC(=O)N1CCC(OCc2nc(NC(=O)COCc3ccccc3)sc2Cc2ccccc2)CC1. The molecule has 0 atom stereocenters. The smallest absolute Gasteiger partial charge is 0.410 e. The summed E-state index contributed by atoms with van der Waals surface area (Å²) in [6.07, 6.45) is 1.92. The Balaban J connectivity index is 1.32. The molecule has 1 fully saturated rings. The van der Waals surface area contributed by atoms with E-state index in [1.54, 1.807) is 4.90 Å². The van der Waals surface area contributed by atoms with E-state index in [9.17, 15) is 9.59 Å².